The van der Waals surface area contributed by atoms with Crippen LogP contribution in [0.1, 0.15) is 45.0 Å². The number of thiazole rings is 1. The van der Waals surface area contributed by atoms with Crippen molar-refractivity contribution in [3.63, 3.8) is 0 Å². The van der Waals surface area contributed by atoms with Crippen LogP contribution in [0.4, 0.5) is 0 Å². The van der Waals surface area contributed by atoms with Gasteiger partial charge in [-0.15, -0.1) is 11.3 Å². The van der Waals surface area contributed by atoms with Crippen molar-refractivity contribution >= 4 is 21.6 Å². The molecule has 0 amide bonds. The molecule has 1 aromatic heterocycles. The third-order valence-corrected chi connectivity index (χ3v) is 6.15. The average molecular weight is 302 g/mol. The summed E-state index contributed by atoms with van der Waals surface area (Å²) in [5.41, 5.74) is 7.83. The molecule has 1 aromatic carbocycles. The Hall–Kier alpha value is -0.930. The van der Waals surface area contributed by atoms with E-state index >= 15 is 0 Å². The molecule has 0 aliphatic heterocycles. The van der Waals surface area contributed by atoms with Gasteiger partial charge in [0.2, 0.25) is 0 Å². The van der Waals surface area contributed by atoms with E-state index in [0.29, 0.717) is 12.0 Å². The fourth-order valence-electron chi connectivity index (χ4n) is 3.91. The van der Waals surface area contributed by atoms with Gasteiger partial charge in [0.05, 0.1) is 15.2 Å². The lowest BCUT2D eigenvalue weighted by Crippen LogP contribution is -2.44. The molecule has 1 aliphatic rings. The van der Waals surface area contributed by atoms with Gasteiger partial charge >= 0.3 is 0 Å². The van der Waals surface area contributed by atoms with E-state index in [1.165, 1.54) is 29.0 Å². The number of fused-ring (bicyclic) bond motifs is 1. The zero-order valence-electron chi connectivity index (χ0n) is 13.3. The van der Waals surface area contributed by atoms with Crippen molar-refractivity contribution in [2.75, 3.05) is 0 Å². The predicted molar refractivity (Wildman–Crippen MR) is 91.6 cm³/mol. The van der Waals surface area contributed by atoms with E-state index in [4.69, 9.17) is 10.7 Å². The summed E-state index contributed by atoms with van der Waals surface area (Å²) in [7, 11) is 0. The quantitative estimate of drug-likeness (QED) is 0.898. The SMILES string of the molecule is CC1CCC(C(C)(C)Cc2nc3ccccc3s2)C(N)C1. The van der Waals surface area contributed by atoms with E-state index in [2.05, 4.69) is 45.0 Å². The second-order valence-electron chi connectivity index (χ2n) is 7.43. The molecule has 0 bridgehead atoms. The van der Waals surface area contributed by atoms with Crippen LogP contribution >= 0.6 is 11.3 Å². The smallest absolute Gasteiger partial charge is 0.0944 e. The zero-order valence-corrected chi connectivity index (χ0v) is 14.1. The highest BCUT2D eigenvalue weighted by molar-refractivity contribution is 7.18. The second kappa shape index (κ2) is 5.69. The summed E-state index contributed by atoms with van der Waals surface area (Å²) in [6, 6.07) is 8.77. The number of nitrogens with zero attached hydrogens (tertiary/aromatic N) is 1. The van der Waals surface area contributed by atoms with E-state index in [1.807, 2.05) is 11.3 Å². The van der Waals surface area contributed by atoms with Crippen molar-refractivity contribution in [2.45, 2.75) is 52.5 Å². The number of benzene rings is 1. The lowest BCUT2D eigenvalue weighted by Gasteiger charge is -2.42. The molecule has 2 nitrogen and oxygen atoms in total. The average Bonchev–Trinajstić information content (AvgIpc) is 2.79. The lowest BCUT2D eigenvalue weighted by atomic mass is 9.65. The van der Waals surface area contributed by atoms with Gasteiger partial charge in [-0.3, -0.25) is 0 Å². The summed E-state index contributed by atoms with van der Waals surface area (Å²) in [5, 5.41) is 1.26. The summed E-state index contributed by atoms with van der Waals surface area (Å²) >= 11 is 1.84. The Morgan fingerprint density at radius 1 is 1.29 bits per heavy atom. The molecule has 2 N–H and O–H groups in total. The maximum atomic E-state index is 6.47. The normalized spacial score (nSPS) is 27.1. The van der Waals surface area contributed by atoms with E-state index < -0.39 is 0 Å². The van der Waals surface area contributed by atoms with Crippen LogP contribution in [0.2, 0.25) is 0 Å². The van der Waals surface area contributed by atoms with E-state index in [-0.39, 0.29) is 5.41 Å². The second-order valence-corrected chi connectivity index (χ2v) is 8.54. The highest BCUT2D eigenvalue weighted by Gasteiger charge is 2.37. The summed E-state index contributed by atoms with van der Waals surface area (Å²) < 4.78 is 1.30. The summed E-state index contributed by atoms with van der Waals surface area (Å²) in [6.07, 6.45) is 4.80. The summed E-state index contributed by atoms with van der Waals surface area (Å²) in [5.74, 6) is 1.40. The Labute approximate surface area is 131 Å². The molecular weight excluding hydrogens is 276 g/mol. The first kappa shape index (κ1) is 15.0. The van der Waals surface area contributed by atoms with Crippen molar-refractivity contribution in [3.8, 4) is 0 Å². The third-order valence-electron chi connectivity index (χ3n) is 5.11. The maximum absolute atomic E-state index is 6.47. The Kier molecular flexibility index (Phi) is 4.06. The van der Waals surface area contributed by atoms with Gasteiger partial charge in [-0.1, -0.05) is 39.3 Å². The molecule has 21 heavy (non-hydrogen) atoms. The van der Waals surface area contributed by atoms with Crippen LogP contribution in [0.15, 0.2) is 24.3 Å². The molecule has 1 heterocycles. The third kappa shape index (κ3) is 3.14. The van der Waals surface area contributed by atoms with Gasteiger partial charge in [-0.05, 0) is 42.2 Å². The van der Waals surface area contributed by atoms with Crippen LogP contribution < -0.4 is 5.73 Å². The zero-order chi connectivity index (χ0) is 15.0. The van der Waals surface area contributed by atoms with Gasteiger partial charge in [0.25, 0.3) is 0 Å². The van der Waals surface area contributed by atoms with Crippen LogP contribution in [0.5, 0.6) is 0 Å². The molecule has 3 atom stereocenters. The van der Waals surface area contributed by atoms with Crippen LogP contribution in [0, 0.1) is 17.3 Å². The van der Waals surface area contributed by atoms with Crippen molar-refractivity contribution < 1.29 is 0 Å². The van der Waals surface area contributed by atoms with Gasteiger partial charge in [0.1, 0.15) is 0 Å². The molecule has 3 heteroatoms. The van der Waals surface area contributed by atoms with Gasteiger partial charge in [-0.25, -0.2) is 4.98 Å². The Bertz CT molecular complexity index is 583. The number of nitrogens with two attached hydrogens (primary N) is 1. The van der Waals surface area contributed by atoms with Gasteiger partial charge in [0, 0.05) is 12.5 Å². The highest BCUT2D eigenvalue weighted by atomic mass is 32.1. The molecule has 0 saturated heterocycles. The number of hydrogen-bond donors (Lipinski definition) is 1. The van der Waals surface area contributed by atoms with Gasteiger partial charge in [0.15, 0.2) is 0 Å². The molecule has 2 aromatic rings. The minimum absolute atomic E-state index is 0.230. The minimum atomic E-state index is 0.230. The molecule has 3 rings (SSSR count). The molecule has 114 valence electrons. The van der Waals surface area contributed by atoms with Crippen molar-refractivity contribution in [1.29, 1.82) is 0 Å². The maximum Gasteiger partial charge on any atom is 0.0944 e. The van der Waals surface area contributed by atoms with Crippen molar-refractivity contribution in [3.05, 3.63) is 29.3 Å². The highest BCUT2D eigenvalue weighted by Crippen LogP contribution is 2.42. The van der Waals surface area contributed by atoms with Crippen LogP contribution in [-0.4, -0.2) is 11.0 Å². The van der Waals surface area contributed by atoms with E-state index in [1.54, 1.807) is 0 Å². The predicted octanol–water partition coefficient (Wildman–Crippen LogP) is 4.63. The first-order valence-electron chi connectivity index (χ1n) is 8.06. The molecule has 3 unspecified atom stereocenters. The Balaban J connectivity index is 1.78. The molecular formula is C18H26N2S. The van der Waals surface area contributed by atoms with Gasteiger partial charge in [-0.2, -0.15) is 0 Å². The molecule has 1 fully saturated rings. The van der Waals surface area contributed by atoms with Gasteiger partial charge < -0.3 is 5.73 Å². The molecule has 1 aliphatic carbocycles. The number of para-hydroxylation sites is 1. The Morgan fingerprint density at radius 2 is 2.05 bits per heavy atom. The summed E-state index contributed by atoms with van der Waals surface area (Å²) in [4.78, 5) is 4.81. The Morgan fingerprint density at radius 3 is 2.76 bits per heavy atom. The fraction of sp³-hybridized carbons (Fsp3) is 0.611. The number of hydrogen-bond acceptors (Lipinski definition) is 3. The largest absolute Gasteiger partial charge is 0.327 e. The van der Waals surface area contributed by atoms with Crippen LogP contribution in [0.3, 0.4) is 0 Å². The van der Waals surface area contributed by atoms with Crippen LogP contribution in [-0.2, 0) is 6.42 Å². The topological polar surface area (TPSA) is 38.9 Å². The van der Waals surface area contributed by atoms with Crippen molar-refractivity contribution in [2.24, 2.45) is 23.0 Å². The monoisotopic (exact) mass is 302 g/mol. The number of rotatable bonds is 3. The lowest BCUT2D eigenvalue weighted by molar-refractivity contribution is 0.113. The standard InChI is InChI=1S/C18H26N2S/c1-12-8-9-13(14(19)10-12)18(2,3)11-17-20-15-6-4-5-7-16(15)21-17/h4-7,12-14H,8-11,19H2,1-3H3. The minimum Gasteiger partial charge on any atom is -0.327 e. The van der Waals surface area contributed by atoms with E-state index in [9.17, 15) is 0 Å². The molecule has 0 spiro atoms. The van der Waals surface area contributed by atoms with E-state index in [0.717, 1.165) is 17.9 Å². The number of aromatic nitrogens is 1. The van der Waals surface area contributed by atoms with Crippen molar-refractivity contribution in [1.82, 2.24) is 4.98 Å². The first-order valence-corrected chi connectivity index (χ1v) is 8.87. The fourth-order valence-corrected chi connectivity index (χ4v) is 5.12. The first-order chi connectivity index (χ1) is 9.95. The van der Waals surface area contributed by atoms with Crippen LogP contribution in [0.25, 0.3) is 10.2 Å². The molecule has 1 saturated carbocycles. The molecule has 0 radical (unpaired) electrons. The summed E-state index contributed by atoms with van der Waals surface area (Å²) in [6.45, 7) is 7.08.